The molecule has 0 aromatic heterocycles. The lowest BCUT2D eigenvalue weighted by molar-refractivity contribution is -0.138. The average molecular weight is 383 g/mol. The van der Waals surface area contributed by atoms with E-state index in [1.165, 1.54) is 37.2 Å². The van der Waals surface area contributed by atoms with Crippen molar-refractivity contribution in [2.45, 2.75) is 62.6 Å². The number of ether oxygens (including phenoxy) is 1. The van der Waals surface area contributed by atoms with Crippen LogP contribution in [-0.4, -0.2) is 47.9 Å². The molecule has 3 unspecified atom stereocenters. The van der Waals surface area contributed by atoms with E-state index in [4.69, 9.17) is 5.73 Å². The first-order chi connectivity index (χ1) is 12.3. The summed E-state index contributed by atoms with van der Waals surface area (Å²) in [6.45, 7) is 8.28. The second-order valence-corrected chi connectivity index (χ2v) is 9.07. The average Bonchev–Trinajstić information content (AvgIpc) is 3.24. The number of carbonyl (C=O) groups is 1. The van der Waals surface area contributed by atoms with Gasteiger partial charge >= 0.3 is 0 Å². The van der Waals surface area contributed by atoms with Gasteiger partial charge in [-0.05, 0) is 71.2 Å². The summed E-state index contributed by atoms with van der Waals surface area (Å²) in [7, 11) is 0. The van der Waals surface area contributed by atoms with Gasteiger partial charge in [-0.25, -0.2) is 4.39 Å². The zero-order chi connectivity index (χ0) is 19.2. The molecule has 4 nitrogen and oxygen atoms in total. The molecule has 26 heavy (non-hydrogen) atoms. The molecule has 3 atom stereocenters. The van der Waals surface area contributed by atoms with Gasteiger partial charge in [0.15, 0.2) is 0 Å². The molecule has 0 radical (unpaired) electrons. The molecule has 2 fully saturated rings. The van der Waals surface area contributed by atoms with E-state index in [2.05, 4.69) is 9.64 Å². The molecule has 1 aliphatic heterocycles. The SMILES string of the molecule is CC(C)(C)OC=O.NC(CCN1CCC2CC21)CSc1ccccc1F. The van der Waals surface area contributed by atoms with E-state index >= 15 is 0 Å². The summed E-state index contributed by atoms with van der Waals surface area (Å²) < 4.78 is 18.0. The van der Waals surface area contributed by atoms with Crippen LogP contribution < -0.4 is 5.73 Å². The monoisotopic (exact) mass is 382 g/mol. The number of carbonyl (C=O) groups excluding carboxylic acids is 1. The maximum atomic E-state index is 13.5. The second kappa shape index (κ2) is 9.72. The fourth-order valence-electron chi connectivity index (χ4n) is 3.08. The predicted molar refractivity (Wildman–Crippen MR) is 105 cm³/mol. The zero-order valence-electron chi connectivity index (χ0n) is 16.0. The van der Waals surface area contributed by atoms with Gasteiger partial charge in [-0.1, -0.05) is 12.1 Å². The number of benzene rings is 1. The smallest absolute Gasteiger partial charge is 0.293 e. The highest BCUT2D eigenvalue weighted by atomic mass is 32.2. The van der Waals surface area contributed by atoms with Gasteiger partial charge in [-0.15, -0.1) is 11.8 Å². The minimum Gasteiger partial charge on any atom is -0.462 e. The third kappa shape index (κ3) is 7.25. The van der Waals surface area contributed by atoms with Crippen LogP contribution in [0.1, 0.15) is 40.0 Å². The Kier molecular flexibility index (Phi) is 7.92. The number of nitrogens with zero attached hydrogens (tertiary/aromatic N) is 1. The number of fused-ring (bicyclic) bond motifs is 1. The van der Waals surface area contributed by atoms with Crippen LogP contribution in [0.3, 0.4) is 0 Å². The number of halogens is 1. The lowest BCUT2D eigenvalue weighted by Crippen LogP contribution is -2.32. The highest BCUT2D eigenvalue weighted by Gasteiger charge is 2.46. The van der Waals surface area contributed by atoms with Gasteiger partial charge in [0, 0.05) is 22.7 Å². The fraction of sp³-hybridized carbons (Fsp3) is 0.650. The van der Waals surface area contributed by atoms with Crippen LogP contribution in [0.15, 0.2) is 29.2 Å². The largest absolute Gasteiger partial charge is 0.462 e. The van der Waals surface area contributed by atoms with Gasteiger partial charge in [0.05, 0.1) is 0 Å². The van der Waals surface area contributed by atoms with Crippen LogP contribution in [0.2, 0.25) is 0 Å². The van der Waals surface area contributed by atoms with E-state index < -0.39 is 0 Å². The summed E-state index contributed by atoms with van der Waals surface area (Å²) >= 11 is 1.53. The summed E-state index contributed by atoms with van der Waals surface area (Å²) in [6, 6.07) is 7.94. The first-order valence-electron chi connectivity index (χ1n) is 9.28. The third-order valence-electron chi connectivity index (χ3n) is 4.62. The molecule has 2 N–H and O–H groups in total. The number of piperidine rings is 1. The molecule has 6 heteroatoms. The highest BCUT2D eigenvalue weighted by Crippen LogP contribution is 2.44. The Morgan fingerprint density at radius 3 is 2.65 bits per heavy atom. The predicted octanol–water partition coefficient (Wildman–Crippen LogP) is 3.69. The molecule has 1 aromatic rings. The van der Waals surface area contributed by atoms with Crippen molar-refractivity contribution in [3.8, 4) is 0 Å². The summed E-state index contributed by atoms with van der Waals surface area (Å²) in [6.07, 6.45) is 3.80. The van der Waals surface area contributed by atoms with Gasteiger partial charge in [0.1, 0.15) is 11.4 Å². The lowest BCUT2D eigenvalue weighted by Gasteiger charge is -2.20. The van der Waals surface area contributed by atoms with Crippen molar-refractivity contribution >= 4 is 18.2 Å². The normalized spacial score (nSPS) is 22.8. The number of rotatable bonds is 7. The number of hydrogen-bond donors (Lipinski definition) is 1. The topological polar surface area (TPSA) is 55.6 Å². The molecule has 3 rings (SSSR count). The molecule has 0 amide bonds. The molecule has 0 bridgehead atoms. The first-order valence-corrected chi connectivity index (χ1v) is 10.3. The van der Waals surface area contributed by atoms with Crippen molar-refractivity contribution in [1.29, 1.82) is 0 Å². The molecule has 0 spiro atoms. The lowest BCUT2D eigenvalue weighted by atomic mass is 10.2. The van der Waals surface area contributed by atoms with E-state index in [1.807, 2.05) is 32.9 Å². The summed E-state index contributed by atoms with van der Waals surface area (Å²) in [5.74, 6) is 1.65. The van der Waals surface area contributed by atoms with Crippen molar-refractivity contribution in [2.75, 3.05) is 18.8 Å². The Bertz CT molecular complexity index is 579. The summed E-state index contributed by atoms with van der Waals surface area (Å²) in [5.41, 5.74) is 5.82. The van der Waals surface area contributed by atoms with Crippen LogP contribution in [-0.2, 0) is 9.53 Å². The molecule has 1 saturated heterocycles. The molecule has 2 aliphatic rings. The van der Waals surface area contributed by atoms with Gasteiger partial charge < -0.3 is 15.4 Å². The molecule has 1 aromatic carbocycles. The Labute approximate surface area is 160 Å². The van der Waals surface area contributed by atoms with Crippen LogP contribution in [0, 0.1) is 11.7 Å². The van der Waals surface area contributed by atoms with Crippen LogP contribution in [0.25, 0.3) is 0 Å². The molecular weight excluding hydrogens is 351 g/mol. The second-order valence-electron chi connectivity index (χ2n) is 8.00. The van der Waals surface area contributed by atoms with Gasteiger partial charge in [-0.2, -0.15) is 0 Å². The van der Waals surface area contributed by atoms with E-state index in [-0.39, 0.29) is 17.5 Å². The maximum absolute atomic E-state index is 13.5. The van der Waals surface area contributed by atoms with Crippen molar-refractivity contribution < 1.29 is 13.9 Å². The molecule has 146 valence electrons. The number of nitrogens with two attached hydrogens (primary N) is 1. The minimum absolute atomic E-state index is 0.139. The Hall–Kier alpha value is -1.11. The number of likely N-dealkylation sites (tertiary alicyclic amines) is 1. The fourth-order valence-corrected chi connectivity index (χ4v) is 4.02. The number of thioether (sulfide) groups is 1. The van der Waals surface area contributed by atoms with Gasteiger partial charge in [-0.3, -0.25) is 4.79 Å². The van der Waals surface area contributed by atoms with Crippen LogP contribution >= 0.6 is 11.8 Å². The standard InChI is InChI=1S/C15H21FN2S.C5H10O2/c16-13-3-1-2-4-15(13)19-10-12(17)6-8-18-7-5-11-9-14(11)18;1-5(2,3)7-4-6/h1-4,11-12,14H,5-10,17H2;4H,1-3H3. The van der Waals surface area contributed by atoms with E-state index in [0.717, 1.165) is 30.7 Å². The molecule has 1 heterocycles. The van der Waals surface area contributed by atoms with Crippen molar-refractivity contribution in [3.63, 3.8) is 0 Å². The zero-order valence-corrected chi connectivity index (χ0v) is 16.8. The minimum atomic E-state index is -0.318. The van der Waals surface area contributed by atoms with E-state index in [0.29, 0.717) is 11.4 Å². The van der Waals surface area contributed by atoms with Crippen LogP contribution in [0.4, 0.5) is 4.39 Å². The Morgan fingerprint density at radius 2 is 2.15 bits per heavy atom. The summed E-state index contributed by atoms with van der Waals surface area (Å²) in [5, 5.41) is 0. The summed E-state index contributed by atoms with van der Waals surface area (Å²) in [4.78, 5) is 12.9. The van der Waals surface area contributed by atoms with Crippen LogP contribution in [0.5, 0.6) is 0 Å². The maximum Gasteiger partial charge on any atom is 0.293 e. The molecular formula is C20H31FN2O2S. The molecule has 1 aliphatic carbocycles. The van der Waals surface area contributed by atoms with Crippen molar-refractivity contribution in [3.05, 3.63) is 30.1 Å². The quantitative estimate of drug-likeness (QED) is 0.576. The van der Waals surface area contributed by atoms with Gasteiger partial charge in [0.25, 0.3) is 6.47 Å². The van der Waals surface area contributed by atoms with E-state index in [1.54, 1.807) is 6.07 Å². The van der Waals surface area contributed by atoms with Gasteiger partial charge in [0.2, 0.25) is 0 Å². The Morgan fingerprint density at radius 1 is 1.42 bits per heavy atom. The third-order valence-corrected chi connectivity index (χ3v) is 5.86. The Balaban J connectivity index is 0.000000298. The van der Waals surface area contributed by atoms with E-state index in [9.17, 15) is 9.18 Å². The molecule has 1 saturated carbocycles. The van der Waals surface area contributed by atoms with Crippen molar-refractivity contribution in [1.82, 2.24) is 4.90 Å². The van der Waals surface area contributed by atoms with Crippen molar-refractivity contribution in [2.24, 2.45) is 11.7 Å². The highest BCUT2D eigenvalue weighted by molar-refractivity contribution is 7.99. The first kappa shape index (κ1) is 21.2. The number of hydrogen-bond acceptors (Lipinski definition) is 5.